The Hall–Kier alpha value is -2.47. The van der Waals surface area contributed by atoms with Crippen LogP contribution in [0.4, 0.5) is 0 Å². The number of ketones is 1. The Morgan fingerprint density at radius 1 is 1.00 bits per heavy atom. The van der Waals surface area contributed by atoms with Crippen molar-refractivity contribution in [3.63, 3.8) is 0 Å². The number of hydrogen-bond acceptors (Lipinski definition) is 4. The van der Waals surface area contributed by atoms with Crippen LogP contribution in [0.2, 0.25) is 0 Å². The van der Waals surface area contributed by atoms with Crippen LogP contribution in [0.15, 0.2) is 42.7 Å². The summed E-state index contributed by atoms with van der Waals surface area (Å²) in [7, 11) is 0. The summed E-state index contributed by atoms with van der Waals surface area (Å²) in [6, 6.07) is 9.19. The minimum Gasteiger partial charge on any atom is -0.340 e. The first kappa shape index (κ1) is 19.3. The van der Waals surface area contributed by atoms with Crippen LogP contribution >= 0.6 is 0 Å². The maximum absolute atomic E-state index is 12.4. The lowest BCUT2D eigenvalue weighted by atomic mass is 10.1. The second-order valence-corrected chi connectivity index (χ2v) is 6.90. The number of nitrogens with zero attached hydrogens (tertiary/aromatic N) is 4. The van der Waals surface area contributed by atoms with Gasteiger partial charge in [-0.1, -0.05) is 37.3 Å². The van der Waals surface area contributed by atoms with Gasteiger partial charge in [-0.25, -0.2) is 4.98 Å². The third-order valence-corrected chi connectivity index (χ3v) is 5.16. The van der Waals surface area contributed by atoms with Crippen LogP contribution in [0.25, 0.3) is 0 Å². The predicted octanol–water partition coefficient (Wildman–Crippen LogP) is 2.25. The van der Waals surface area contributed by atoms with Gasteiger partial charge in [0.2, 0.25) is 5.91 Å². The summed E-state index contributed by atoms with van der Waals surface area (Å²) in [4.78, 5) is 33.2. The van der Waals surface area contributed by atoms with E-state index in [0.717, 1.165) is 51.5 Å². The molecule has 0 spiro atoms. The van der Waals surface area contributed by atoms with Gasteiger partial charge in [0.15, 0.2) is 5.78 Å². The summed E-state index contributed by atoms with van der Waals surface area (Å²) >= 11 is 0. The number of imidazole rings is 1. The van der Waals surface area contributed by atoms with Crippen LogP contribution in [-0.4, -0.2) is 63.8 Å². The van der Waals surface area contributed by atoms with Gasteiger partial charge in [0.05, 0.1) is 0 Å². The molecule has 1 aliphatic heterocycles. The quantitative estimate of drug-likeness (QED) is 0.671. The van der Waals surface area contributed by atoms with Crippen molar-refractivity contribution in [2.45, 2.75) is 32.7 Å². The molecule has 0 N–H and O–H groups in total. The number of amides is 1. The Morgan fingerprint density at radius 2 is 1.74 bits per heavy atom. The molecule has 27 heavy (non-hydrogen) atoms. The highest BCUT2D eigenvalue weighted by molar-refractivity contribution is 5.97. The second kappa shape index (κ2) is 9.46. The van der Waals surface area contributed by atoms with Gasteiger partial charge in [0, 0.05) is 76.5 Å². The molecule has 6 heteroatoms. The van der Waals surface area contributed by atoms with Crippen LogP contribution < -0.4 is 0 Å². The number of hydrogen-bond donors (Lipinski definition) is 0. The maximum Gasteiger partial charge on any atom is 0.223 e. The average molecular weight is 368 g/mol. The Bertz CT molecular complexity index is 749. The minimum atomic E-state index is 0.0367. The fraction of sp³-hybridized carbons (Fsp3) is 0.476. The lowest BCUT2D eigenvalue weighted by Crippen LogP contribution is -2.49. The lowest BCUT2D eigenvalue weighted by molar-refractivity contribution is -0.132. The van der Waals surface area contributed by atoms with Crippen molar-refractivity contribution in [2.24, 2.45) is 0 Å². The molecule has 0 atom stereocenters. The van der Waals surface area contributed by atoms with Crippen LogP contribution in [-0.2, 0) is 17.8 Å². The SMILES string of the molecule is CCc1nccn1CCN1CCN(C(=O)CCC(=O)c2ccccc2)CC1. The van der Waals surface area contributed by atoms with Crippen LogP contribution in [0.3, 0.4) is 0 Å². The molecule has 2 aromatic rings. The van der Waals surface area contributed by atoms with Crippen molar-refractivity contribution < 1.29 is 9.59 Å². The zero-order chi connectivity index (χ0) is 19.1. The zero-order valence-corrected chi connectivity index (χ0v) is 16.0. The van der Waals surface area contributed by atoms with Gasteiger partial charge in [0.1, 0.15) is 5.82 Å². The second-order valence-electron chi connectivity index (χ2n) is 6.90. The van der Waals surface area contributed by atoms with E-state index in [0.29, 0.717) is 12.0 Å². The van der Waals surface area contributed by atoms with E-state index in [1.807, 2.05) is 35.5 Å². The van der Waals surface area contributed by atoms with Crippen molar-refractivity contribution in [3.8, 4) is 0 Å². The molecule has 6 nitrogen and oxygen atoms in total. The molecule has 1 saturated heterocycles. The number of carbonyl (C=O) groups is 2. The molecule has 1 fully saturated rings. The fourth-order valence-electron chi connectivity index (χ4n) is 3.48. The highest BCUT2D eigenvalue weighted by Crippen LogP contribution is 2.09. The molecular formula is C21H28N4O2. The van der Waals surface area contributed by atoms with Gasteiger partial charge >= 0.3 is 0 Å². The van der Waals surface area contributed by atoms with Crippen molar-refractivity contribution in [3.05, 3.63) is 54.1 Å². The molecule has 1 amide bonds. The van der Waals surface area contributed by atoms with Crippen LogP contribution in [0, 0.1) is 0 Å². The molecule has 0 aliphatic carbocycles. The van der Waals surface area contributed by atoms with E-state index in [1.165, 1.54) is 0 Å². The van der Waals surface area contributed by atoms with Gasteiger partial charge in [-0.2, -0.15) is 0 Å². The van der Waals surface area contributed by atoms with Gasteiger partial charge in [-0.3, -0.25) is 14.5 Å². The topological polar surface area (TPSA) is 58.4 Å². The van der Waals surface area contributed by atoms with E-state index in [2.05, 4.69) is 21.4 Å². The molecule has 1 aromatic heterocycles. The minimum absolute atomic E-state index is 0.0367. The summed E-state index contributed by atoms with van der Waals surface area (Å²) in [5.41, 5.74) is 0.682. The van der Waals surface area contributed by atoms with Crippen molar-refractivity contribution in [2.75, 3.05) is 32.7 Å². The first-order valence-corrected chi connectivity index (χ1v) is 9.75. The number of aromatic nitrogens is 2. The highest BCUT2D eigenvalue weighted by atomic mass is 16.2. The summed E-state index contributed by atoms with van der Waals surface area (Å²) in [6.45, 7) is 7.27. The largest absolute Gasteiger partial charge is 0.340 e. The Balaban J connectivity index is 1.38. The average Bonchev–Trinajstić information content (AvgIpc) is 3.19. The molecule has 2 heterocycles. The first-order chi connectivity index (χ1) is 13.2. The van der Waals surface area contributed by atoms with E-state index in [-0.39, 0.29) is 18.1 Å². The van der Waals surface area contributed by atoms with Gasteiger partial charge in [-0.05, 0) is 0 Å². The molecule has 0 radical (unpaired) electrons. The number of rotatable bonds is 8. The van der Waals surface area contributed by atoms with Gasteiger partial charge < -0.3 is 9.47 Å². The van der Waals surface area contributed by atoms with Crippen molar-refractivity contribution in [1.82, 2.24) is 19.4 Å². The summed E-state index contributed by atoms with van der Waals surface area (Å²) in [5, 5.41) is 0. The number of piperazine rings is 1. The zero-order valence-electron chi connectivity index (χ0n) is 16.0. The van der Waals surface area contributed by atoms with Gasteiger partial charge in [0.25, 0.3) is 0 Å². The Labute approximate surface area is 160 Å². The molecule has 0 saturated carbocycles. The first-order valence-electron chi connectivity index (χ1n) is 9.75. The maximum atomic E-state index is 12.4. The molecular weight excluding hydrogens is 340 g/mol. The molecule has 144 valence electrons. The number of Topliss-reactive ketones (excluding diaryl/α,β-unsaturated/α-hetero) is 1. The van der Waals surface area contributed by atoms with Crippen molar-refractivity contribution >= 4 is 11.7 Å². The molecule has 1 aliphatic rings. The Morgan fingerprint density at radius 3 is 2.44 bits per heavy atom. The van der Waals surface area contributed by atoms with E-state index < -0.39 is 0 Å². The number of aryl methyl sites for hydroxylation is 1. The third-order valence-electron chi connectivity index (χ3n) is 5.16. The molecule has 0 unspecified atom stereocenters. The van der Waals surface area contributed by atoms with E-state index in [4.69, 9.17) is 0 Å². The molecule has 1 aromatic carbocycles. The van der Waals surface area contributed by atoms with Crippen molar-refractivity contribution in [1.29, 1.82) is 0 Å². The highest BCUT2D eigenvalue weighted by Gasteiger charge is 2.21. The monoisotopic (exact) mass is 368 g/mol. The lowest BCUT2D eigenvalue weighted by Gasteiger charge is -2.34. The normalized spacial score (nSPS) is 15.1. The standard InChI is InChI=1S/C21H28N4O2/c1-2-20-22-10-11-24(20)15-12-23-13-16-25(17-14-23)21(27)9-8-19(26)18-6-4-3-5-7-18/h3-7,10-11H,2,8-9,12-17H2,1H3. The van der Waals surface area contributed by atoms with Crippen LogP contribution in [0.5, 0.6) is 0 Å². The van der Waals surface area contributed by atoms with Crippen LogP contribution in [0.1, 0.15) is 35.9 Å². The predicted molar refractivity (Wildman–Crippen MR) is 105 cm³/mol. The molecule has 0 bridgehead atoms. The Kier molecular flexibility index (Phi) is 6.76. The fourth-order valence-corrected chi connectivity index (χ4v) is 3.48. The summed E-state index contributed by atoms with van der Waals surface area (Å²) < 4.78 is 2.20. The van der Waals surface area contributed by atoms with E-state index in [1.54, 1.807) is 12.1 Å². The summed E-state index contributed by atoms with van der Waals surface area (Å²) in [6.07, 6.45) is 5.40. The summed E-state index contributed by atoms with van der Waals surface area (Å²) in [5.74, 6) is 1.24. The number of benzene rings is 1. The molecule has 3 rings (SSSR count). The van der Waals surface area contributed by atoms with E-state index >= 15 is 0 Å². The third kappa shape index (κ3) is 5.26. The smallest absolute Gasteiger partial charge is 0.223 e. The van der Waals surface area contributed by atoms with E-state index in [9.17, 15) is 9.59 Å². The number of carbonyl (C=O) groups excluding carboxylic acids is 2. The van der Waals surface area contributed by atoms with Gasteiger partial charge in [-0.15, -0.1) is 0 Å².